The van der Waals surface area contributed by atoms with Crippen molar-refractivity contribution < 1.29 is 13.5 Å². The summed E-state index contributed by atoms with van der Waals surface area (Å²) in [6.07, 6.45) is 1.04. The predicted octanol–water partition coefficient (Wildman–Crippen LogP) is 1.80. The predicted molar refractivity (Wildman–Crippen MR) is 74.2 cm³/mol. The number of hydrazone groups is 1. The maximum atomic E-state index is 13.3. The zero-order valence-corrected chi connectivity index (χ0v) is 11.4. The minimum Gasteiger partial charge on any atom is -0.383 e. The van der Waals surface area contributed by atoms with Crippen molar-refractivity contribution in [1.82, 2.24) is 10.7 Å². The monoisotopic (exact) mass is 287 g/mol. The van der Waals surface area contributed by atoms with Crippen LogP contribution in [0.15, 0.2) is 23.3 Å². The van der Waals surface area contributed by atoms with Gasteiger partial charge >= 0.3 is 0 Å². The third-order valence-corrected chi connectivity index (χ3v) is 2.36. The third-order valence-electron chi connectivity index (χ3n) is 2.15. The highest BCUT2D eigenvalue weighted by molar-refractivity contribution is 7.80. The molecule has 0 heterocycles. The second-order valence-electron chi connectivity index (χ2n) is 3.84. The summed E-state index contributed by atoms with van der Waals surface area (Å²) in [6.45, 7) is 2.35. The summed E-state index contributed by atoms with van der Waals surface area (Å²) >= 11 is 4.95. The zero-order valence-electron chi connectivity index (χ0n) is 10.6. The van der Waals surface area contributed by atoms with Gasteiger partial charge in [0.05, 0.1) is 18.4 Å². The lowest BCUT2D eigenvalue weighted by Crippen LogP contribution is -2.40. The highest BCUT2D eigenvalue weighted by atomic mass is 32.1. The molecule has 0 bridgehead atoms. The fourth-order valence-corrected chi connectivity index (χ4v) is 1.59. The van der Waals surface area contributed by atoms with Crippen molar-refractivity contribution in [2.24, 2.45) is 5.10 Å². The molecule has 0 saturated heterocycles. The molecule has 0 spiro atoms. The van der Waals surface area contributed by atoms with E-state index in [0.29, 0.717) is 6.61 Å². The summed E-state index contributed by atoms with van der Waals surface area (Å²) in [7, 11) is 1.58. The van der Waals surface area contributed by atoms with Crippen LogP contribution in [0.4, 0.5) is 8.78 Å². The van der Waals surface area contributed by atoms with Gasteiger partial charge < -0.3 is 10.1 Å². The Morgan fingerprint density at radius 2 is 2.11 bits per heavy atom. The van der Waals surface area contributed by atoms with Crippen molar-refractivity contribution in [1.29, 1.82) is 0 Å². The smallest absolute Gasteiger partial charge is 0.187 e. The minimum absolute atomic E-state index is 0.00500. The second-order valence-corrected chi connectivity index (χ2v) is 4.24. The van der Waals surface area contributed by atoms with E-state index in [1.807, 2.05) is 6.92 Å². The first kappa shape index (κ1) is 15.5. The summed E-state index contributed by atoms with van der Waals surface area (Å²) in [5, 5.41) is 6.81. The number of ether oxygens (including phenoxy) is 1. The Morgan fingerprint density at radius 3 is 2.68 bits per heavy atom. The van der Waals surface area contributed by atoms with Crippen LogP contribution in [0.25, 0.3) is 0 Å². The van der Waals surface area contributed by atoms with E-state index in [1.54, 1.807) is 7.11 Å². The molecule has 0 aromatic heterocycles. The Kier molecular flexibility index (Phi) is 6.31. The van der Waals surface area contributed by atoms with Crippen LogP contribution in [-0.4, -0.2) is 31.1 Å². The van der Waals surface area contributed by atoms with Gasteiger partial charge in [-0.3, -0.25) is 5.43 Å². The quantitative estimate of drug-likeness (QED) is 0.492. The number of thiocarbonyl (C=S) groups is 1. The van der Waals surface area contributed by atoms with E-state index in [9.17, 15) is 8.78 Å². The molecule has 0 amide bonds. The molecule has 0 fully saturated rings. The molecule has 0 aliphatic heterocycles. The Balaban J connectivity index is 2.52. The summed E-state index contributed by atoms with van der Waals surface area (Å²) in [5.41, 5.74) is 2.26. The lowest BCUT2D eigenvalue weighted by molar-refractivity contribution is 0.179. The van der Waals surface area contributed by atoms with Crippen LogP contribution in [-0.2, 0) is 4.74 Å². The molecule has 0 aliphatic rings. The number of rotatable bonds is 5. The summed E-state index contributed by atoms with van der Waals surface area (Å²) < 4.78 is 31.4. The Morgan fingerprint density at radius 1 is 1.47 bits per heavy atom. The number of hydrogen-bond donors (Lipinski definition) is 2. The number of halogens is 2. The number of nitrogens with zero attached hydrogens (tertiary/aromatic N) is 1. The van der Waals surface area contributed by atoms with Crippen LogP contribution >= 0.6 is 12.2 Å². The lowest BCUT2D eigenvalue weighted by Gasteiger charge is -2.13. The average Bonchev–Trinajstić information content (AvgIpc) is 2.33. The number of nitrogens with one attached hydrogen (secondary N) is 2. The molecule has 0 aliphatic carbocycles. The third kappa shape index (κ3) is 5.27. The molecular formula is C12H15F2N3OS. The summed E-state index contributed by atoms with van der Waals surface area (Å²) in [5.74, 6) is -1.37. The van der Waals surface area contributed by atoms with Gasteiger partial charge in [-0.1, -0.05) is 6.07 Å². The van der Waals surface area contributed by atoms with E-state index in [0.717, 1.165) is 18.3 Å². The molecule has 2 N–H and O–H groups in total. The zero-order chi connectivity index (χ0) is 14.3. The van der Waals surface area contributed by atoms with E-state index in [1.165, 1.54) is 6.07 Å². The van der Waals surface area contributed by atoms with Gasteiger partial charge in [0.15, 0.2) is 5.11 Å². The van der Waals surface area contributed by atoms with Crippen LogP contribution in [0.3, 0.4) is 0 Å². The molecular weight excluding hydrogens is 272 g/mol. The molecule has 7 heteroatoms. The van der Waals surface area contributed by atoms with Crippen LogP contribution in [0, 0.1) is 11.6 Å². The molecule has 0 radical (unpaired) electrons. The van der Waals surface area contributed by atoms with Gasteiger partial charge in [-0.25, -0.2) is 8.78 Å². The van der Waals surface area contributed by atoms with E-state index < -0.39 is 11.6 Å². The highest BCUT2D eigenvalue weighted by Crippen LogP contribution is 2.08. The fraction of sp³-hybridized carbons (Fsp3) is 0.333. The van der Waals surface area contributed by atoms with Crippen molar-refractivity contribution in [3.63, 3.8) is 0 Å². The van der Waals surface area contributed by atoms with E-state index >= 15 is 0 Å². The Labute approximate surface area is 115 Å². The van der Waals surface area contributed by atoms with E-state index in [4.69, 9.17) is 17.0 Å². The molecule has 19 heavy (non-hydrogen) atoms. The van der Waals surface area contributed by atoms with Gasteiger partial charge in [0.1, 0.15) is 11.6 Å². The van der Waals surface area contributed by atoms with Crippen LogP contribution < -0.4 is 10.7 Å². The fourth-order valence-electron chi connectivity index (χ4n) is 1.34. The molecule has 1 atom stereocenters. The van der Waals surface area contributed by atoms with Crippen molar-refractivity contribution in [2.75, 3.05) is 13.7 Å². The van der Waals surface area contributed by atoms with Crippen molar-refractivity contribution in [2.45, 2.75) is 13.0 Å². The standard InChI is InChI=1S/C12H15F2N3OS/c1-8(7-18-2)16-12(19)17-15-6-9-10(13)4-3-5-11(9)14/h3-6,8H,7H2,1-2H3,(H2,16,17,19)/b15-6-/t8-/m1/s1. The topological polar surface area (TPSA) is 45.6 Å². The maximum absolute atomic E-state index is 13.3. The molecule has 0 unspecified atom stereocenters. The first-order valence-electron chi connectivity index (χ1n) is 5.57. The van der Waals surface area contributed by atoms with Crippen molar-refractivity contribution in [3.05, 3.63) is 35.4 Å². The first-order chi connectivity index (χ1) is 9.04. The normalized spacial score (nSPS) is 12.4. The molecule has 1 aromatic carbocycles. The minimum atomic E-state index is -0.683. The van der Waals surface area contributed by atoms with Crippen LogP contribution in [0.5, 0.6) is 0 Å². The van der Waals surface area contributed by atoms with E-state index in [-0.39, 0.29) is 16.7 Å². The molecule has 1 rings (SSSR count). The lowest BCUT2D eigenvalue weighted by atomic mass is 10.2. The van der Waals surface area contributed by atoms with Gasteiger partial charge in [0, 0.05) is 13.2 Å². The van der Waals surface area contributed by atoms with Gasteiger partial charge in [-0.05, 0) is 31.3 Å². The molecule has 104 valence electrons. The van der Waals surface area contributed by atoms with Gasteiger partial charge in [0.2, 0.25) is 0 Å². The van der Waals surface area contributed by atoms with Crippen LogP contribution in [0.2, 0.25) is 0 Å². The molecule has 1 aromatic rings. The Hall–Kier alpha value is -1.60. The summed E-state index contributed by atoms with van der Waals surface area (Å²) in [6, 6.07) is 3.60. The maximum Gasteiger partial charge on any atom is 0.187 e. The Bertz CT molecular complexity index is 448. The molecule has 0 saturated carbocycles. The van der Waals surface area contributed by atoms with Gasteiger partial charge in [-0.2, -0.15) is 5.10 Å². The largest absolute Gasteiger partial charge is 0.383 e. The highest BCUT2D eigenvalue weighted by Gasteiger charge is 2.05. The average molecular weight is 287 g/mol. The van der Waals surface area contributed by atoms with Crippen molar-refractivity contribution >= 4 is 23.5 Å². The number of benzene rings is 1. The van der Waals surface area contributed by atoms with Gasteiger partial charge in [0.25, 0.3) is 0 Å². The van der Waals surface area contributed by atoms with E-state index in [2.05, 4.69) is 15.8 Å². The second kappa shape index (κ2) is 7.75. The SMILES string of the molecule is COC[C@@H](C)NC(=S)N/N=C\c1c(F)cccc1F. The van der Waals surface area contributed by atoms with Gasteiger partial charge in [-0.15, -0.1) is 0 Å². The van der Waals surface area contributed by atoms with Crippen LogP contribution in [0.1, 0.15) is 12.5 Å². The molecule has 4 nitrogen and oxygen atoms in total. The number of methoxy groups -OCH3 is 1. The first-order valence-corrected chi connectivity index (χ1v) is 5.98. The van der Waals surface area contributed by atoms with Crippen molar-refractivity contribution in [3.8, 4) is 0 Å². The number of hydrogen-bond acceptors (Lipinski definition) is 3. The summed E-state index contributed by atoms with van der Waals surface area (Å²) in [4.78, 5) is 0.